The van der Waals surface area contributed by atoms with Crippen LogP contribution in [0.15, 0.2) is 36.5 Å². The Morgan fingerprint density at radius 3 is 2.50 bits per heavy atom. The lowest BCUT2D eigenvalue weighted by molar-refractivity contribution is 0.179. The van der Waals surface area contributed by atoms with Crippen molar-refractivity contribution in [2.24, 2.45) is 0 Å². The summed E-state index contributed by atoms with van der Waals surface area (Å²) in [7, 11) is 0. The van der Waals surface area contributed by atoms with Gasteiger partial charge in [0.05, 0.1) is 6.10 Å². The Morgan fingerprint density at radius 1 is 1.22 bits per heavy atom. The first-order valence-electron chi connectivity index (χ1n) is 6.02. The summed E-state index contributed by atoms with van der Waals surface area (Å²) in [6.07, 6.45) is 1.57. The molecule has 0 amide bonds. The summed E-state index contributed by atoms with van der Waals surface area (Å²) in [5, 5.41) is 10.2. The lowest BCUT2D eigenvalue weighted by Gasteiger charge is -2.13. The molecule has 0 aliphatic heterocycles. The molecule has 18 heavy (non-hydrogen) atoms. The van der Waals surface area contributed by atoms with Gasteiger partial charge in [0, 0.05) is 18.2 Å². The number of hydrogen-bond donors (Lipinski definition) is 2. The van der Waals surface area contributed by atoms with Gasteiger partial charge in [-0.3, -0.25) is 0 Å². The largest absolute Gasteiger partial charge is 0.388 e. The summed E-state index contributed by atoms with van der Waals surface area (Å²) < 4.78 is 0. The fourth-order valence-electron chi connectivity index (χ4n) is 2.23. The van der Waals surface area contributed by atoms with E-state index in [1.165, 1.54) is 11.1 Å². The number of hydrogen-bond acceptors (Lipinski definition) is 3. The molecule has 0 saturated carbocycles. The highest BCUT2D eigenvalue weighted by atomic mass is 16.3. The number of nitrogens with zero attached hydrogens (tertiary/aromatic N) is 1. The monoisotopic (exact) mass is 242 g/mol. The van der Waals surface area contributed by atoms with E-state index in [4.69, 9.17) is 5.73 Å². The second-order valence-electron chi connectivity index (χ2n) is 4.69. The third-order valence-electron chi connectivity index (χ3n) is 2.94. The van der Waals surface area contributed by atoms with Crippen molar-refractivity contribution in [3.63, 3.8) is 0 Å². The van der Waals surface area contributed by atoms with Gasteiger partial charge < -0.3 is 10.8 Å². The van der Waals surface area contributed by atoms with E-state index in [0.717, 1.165) is 5.56 Å². The SMILES string of the molecule is Cc1cc(C)cc(CC(O)c2cccnc2N)c1. The molecule has 1 atom stereocenters. The van der Waals surface area contributed by atoms with E-state index in [0.29, 0.717) is 17.8 Å². The fourth-order valence-corrected chi connectivity index (χ4v) is 2.23. The van der Waals surface area contributed by atoms with E-state index in [1.54, 1.807) is 12.3 Å². The third-order valence-corrected chi connectivity index (χ3v) is 2.94. The van der Waals surface area contributed by atoms with Crippen LogP contribution < -0.4 is 5.73 Å². The number of nitrogens with two attached hydrogens (primary N) is 1. The number of pyridine rings is 1. The van der Waals surface area contributed by atoms with Crippen LogP contribution in [0.5, 0.6) is 0 Å². The van der Waals surface area contributed by atoms with Crippen LogP contribution in [0.4, 0.5) is 5.82 Å². The van der Waals surface area contributed by atoms with Crippen LogP contribution >= 0.6 is 0 Å². The first-order valence-corrected chi connectivity index (χ1v) is 6.02. The maximum atomic E-state index is 10.2. The van der Waals surface area contributed by atoms with Gasteiger partial charge in [0.2, 0.25) is 0 Å². The van der Waals surface area contributed by atoms with Crippen molar-refractivity contribution in [1.82, 2.24) is 4.98 Å². The van der Waals surface area contributed by atoms with E-state index >= 15 is 0 Å². The maximum Gasteiger partial charge on any atom is 0.129 e. The molecule has 94 valence electrons. The molecule has 3 heteroatoms. The van der Waals surface area contributed by atoms with Gasteiger partial charge in [0.1, 0.15) is 5.82 Å². The second kappa shape index (κ2) is 5.19. The zero-order chi connectivity index (χ0) is 13.1. The van der Waals surface area contributed by atoms with E-state index < -0.39 is 6.10 Å². The first kappa shape index (κ1) is 12.6. The molecule has 1 heterocycles. The topological polar surface area (TPSA) is 59.1 Å². The molecule has 0 spiro atoms. The number of aryl methyl sites for hydroxylation is 2. The number of anilines is 1. The Bertz CT molecular complexity index is 532. The van der Waals surface area contributed by atoms with Gasteiger partial charge in [0.25, 0.3) is 0 Å². The van der Waals surface area contributed by atoms with Crippen LogP contribution in [0.2, 0.25) is 0 Å². The van der Waals surface area contributed by atoms with Crippen LogP contribution in [0.25, 0.3) is 0 Å². The smallest absolute Gasteiger partial charge is 0.129 e. The molecule has 0 fully saturated rings. The quantitative estimate of drug-likeness (QED) is 0.869. The molecule has 2 aromatic rings. The molecule has 0 radical (unpaired) electrons. The predicted molar refractivity (Wildman–Crippen MR) is 73.2 cm³/mol. The first-order chi connectivity index (χ1) is 8.56. The van der Waals surface area contributed by atoms with Crippen LogP contribution in [0.3, 0.4) is 0 Å². The van der Waals surface area contributed by atoms with Gasteiger partial charge >= 0.3 is 0 Å². The summed E-state index contributed by atoms with van der Waals surface area (Å²) in [5.41, 5.74) is 9.98. The lowest BCUT2D eigenvalue weighted by atomic mass is 9.99. The maximum absolute atomic E-state index is 10.2. The predicted octanol–water partition coefficient (Wildman–Crippen LogP) is 2.56. The molecular weight excluding hydrogens is 224 g/mol. The molecule has 0 saturated heterocycles. The molecule has 0 aliphatic rings. The minimum atomic E-state index is -0.611. The number of aliphatic hydroxyl groups excluding tert-OH is 1. The molecule has 3 N–H and O–H groups in total. The second-order valence-corrected chi connectivity index (χ2v) is 4.69. The van der Waals surface area contributed by atoms with Crippen molar-refractivity contribution >= 4 is 5.82 Å². The molecule has 1 unspecified atom stereocenters. The summed E-state index contributed by atoms with van der Waals surface area (Å²) in [6, 6.07) is 9.89. The van der Waals surface area contributed by atoms with Gasteiger partial charge in [0.15, 0.2) is 0 Å². The highest BCUT2D eigenvalue weighted by molar-refractivity contribution is 5.41. The van der Waals surface area contributed by atoms with Gasteiger partial charge in [-0.1, -0.05) is 35.4 Å². The Labute approximate surface area is 107 Å². The van der Waals surface area contributed by atoms with Crippen molar-refractivity contribution in [3.8, 4) is 0 Å². The van der Waals surface area contributed by atoms with Crippen LogP contribution in [-0.2, 0) is 6.42 Å². The van der Waals surface area contributed by atoms with Crippen LogP contribution in [-0.4, -0.2) is 10.1 Å². The summed E-state index contributed by atoms with van der Waals surface area (Å²) in [5.74, 6) is 0.398. The van der Waals surface area contributed by atoms with E-state index in [-0.39, 0.29) is 0 Å². The summed E-state index contributed by atoms with van der Waals surface area (Å²) in [6.45, 7) is 4.11. The molecular formula is C15H18N2O. The molecule has 0 bridgehead atoms. The van der Waals surface area contributed by atoms with Gasteiger partial charge in [-0.2, -0.15) is 0 Å². The highest BCUT2D eigenvalue weighted by Gasteiger charge is 2.12. The average Bonchev–Trinajstić information content (AvgIpc) is 2.27. The molecule has 0 aliphatic carbocycles. The zero-order valence-electron chi connectivity index (χ0n) is 10.7. The fraction of sp³-hybridized carbons (Fsp3) is 0.267. The summed E-state index contributed by atoms with van der Waals surface area (Å²) >= 11 is 0. The van der Waals surface area contributed by atoms with Gasteiger partial charge in [-0.05, 0) is 25.5 Å². The van der Waals surface area contributed by atoms with Crippen LogP contribution in [0, 0.1) is 13.8 Å². The molecule has 1 aromatic carbocycles. The Kier molecular flexibility index (Phi) is 3.63. The number of benzene rings is 1. The number of rotatable bonds is 3. The van der Waals surface area contributed by atoms with Gasteiger partial charge in [-0.15, -0.1) is 0 Å². The minimum absolute atomic E-state index is 0.398. The van der Waals surface area contributed by atoms with E-state index in [2.05, 4.69) is 37.0 Å². The van der Waals surface area contributed by atoms with E-state index in [9.17, 15) is 5.11 Å². The molecule has 3 nitrogen and oxygen atoms in total. The zero-order valence-corrected chi connectivity index (χ0v) is 10.7. The highest BCUT2D eigenvalue weighted by Crippen LogP contribution is 2.22. The van der Waals surface area contributed by atoms with E-state index in [1.807, 2.05) is 6.07 Å². The Balaban J connectivity index is 2.21. The minimum Gasteiger partial charge on any atom is -0.388 e. The third kappa shape index (κ3) is 2.87. The number of aromatic nitrogens is 1. The molecule has 1 aromatic heterocycles. The number of aliphatic hydroxyl groups is 1. The average molecular weight is 242 g/mol. The summed E-state index contributed by atoms with van der Waals surface area (Å²) in [4.78, 5) is 3.99. The Hall–Kier alpha value is -1.87. The normalized spacial score (nSPS) is 12.4. The Morgan fingerprint density at radius 2 is 1.89 bits per heavy atom. The lowest BCUT2D eigenvalue weighted by Crippen LogP contribution is -2.06. The van der Waals surface area contributed by atoms with Crippen molar-refractivity contribution in [1.29, 1.82) is 0 Å². The van der Waals surface area contributed by atoms with Crippen molar-refractivity contribution in [2.75, 3.05) is 5.73 Å². The van der Waals surface area contributed by atoms with Gasteiger partial charge in [-0.25, -0.2) is 4.98 Å². The van der Waals surface area contributed by atoms with Crippen molar-refractivity contribution < 1.29 is 5.11 Å². The molecule has 2 rings (SSSR count). The standard InChI is InChI=1S/C15H18N2O/c1-10-6-11(2)8-12(7-10)9-14(18)13-4-3-5-17-15(13)16/h3-8,14,18H,9H2,1-2H3,(H2,16,17). The van der Waals surface area contributed by atoms with Crippen molar-refractivity contribution in [2.45, 2.75) is 26.4 Å². The number of nitrogen functional groups attached to an aromatic ring is 1. The van der Waals surface area contributed by atoms with Crippen LogP contribution in [0.1, 0.15) is 28.4 Å². The van der Waals surface area contributed by atoms with Crippen molar-refractivity contribution in [3.05, 3.63) is 58.8 Å².